The Morgan fingerprint density at radius 1 is 1.43 bits per heavy atom. The molecule has 0 bridgehead atoms. The van der Waals surface area contributed by atoms with E-state index in [1.165, 1.54) is 0 Å². The van der Waals surface area contributed by atoms with E-state index in [2.05, 4.69) is 4.74 Å². The van der Waals surface area contributed by atoms with Crippen molar-refractivity contribution < 1.29 is 20.1 Å². The zero-order valence-electron chi connectivity index (χ0n) is 3.33. The molecule has 40 valence electrons. The van der Waals surface area contributed by atoms with Crippen molar-refractivity contribution >= 4 is 0 Å². The lowest BCUT2D eigenvalue weighted by molar-refractivity contribution is -0.288. The molecule has 1 heterocycles. The molecule has 0 amide bonds. The summed E-state index contributed by atoms with van der Waals surface area (Å²) < 4.78 is 4.11. The minimum absolute atomic E-state index is 0.215. The average Bonchev–Trinajstić information content (AvgIpc) is 1.99. The minimum Gasteiger partial charge on any atom is -0.454 e. The molecule has 0 saturated carbocycles. The van der Waals surface area contributed by atoms with Gasteiger partial charge in [0.25, 0.3) is 0 Å². The lowest BCUT2D eigenvalue weighted by Gasteiger charge is -2.04. The van der Waals surface area contributed by atoms with Gasteiger partial charge in [-0.15, -0.1) is 0 Å². The fourth-order valence-corrected chi connectivity index (χ4v) is 0.188. The van der Waals surface area contributed by atoms with Gasteiger partial charge in [-0.1, -0.05) is 0 Å². The van der Waals surface area contributed by atoms with Gasteiger partial charge in [0, 0.05) is 0 Å². The van der Waals surface area contributed by atoms with Gasteiger partial charge >= 0.3 is 5.97 Å². The van der Waals surface area contributed by atoms with Gasteiger partial charge in [-0.3, -0.25) is 0 Å². The van der Waals surface area contributed by atoms with E-state index in [9.17, 15) is 0 Å². The molecule has 0 spiro atoms. The number of aliphatic hydroxyl groups is 3. The first-order valence-corrected chi connectivity index (χ1v) is 1.65. The first-order chi connectivity index (χ1) is 3.11. The summed E-state index contributed by atoms with van der Waals surface area (Å²) in [5.74, 6) is -2.97. The topological polar surface area (TPSA) is 73.2 Å². The zero-order valence-corrected chi connectivity index (χ0v) is 3.33. The average molecular weight is 104 g/mol. The summed E-state index contributed by atoms with van der Waals surface area (Å²) in [6, 6.07) is 0. The summed E-state index contributed by atoms with van der Waals surface area (Å²) in [5.41, 5.74) is 0. The van der Waals surface area contributed by atoms with Crippen LogP contribution in [0.5, 0.6) is 0 Å². The SMILES string of the molecule is OC(O)(O)C1=CO1. The smallest absolute Gasteiger partial charge is 0.341 e. The predicted octanol–water partition coefficient (Wildman–Crippen LogP) is -1.51. The van der Waals surface area contributed by atoms with Gasteiger partial charge in [-0.25, -0.2) is 0 Å². The first kappa shape index (κ1) is 4.58. The molecule has 0 saturated heterocycles. The van der Waals surface area contributed by atoms with E-state index >= 15 is 0 Å². The molecule has 7 heavy (non-hydrogen) atoms. The number of rotatable bonds is 1. The van der Waals surface area contributed by atoms with Crippen LogP contribution in [0.3, 0.4) is 0 Å². The second kappa shape index (κ2) is 0.975. The number of hydrogen-bond acceptors (Lipinski definition) is 4. The second-order valence-electron chi connectivity index (χ2n) is 1.24. The van der Waals surface area contributed by atoms with Crippen molar-refractivity contribution in [2.75, 3.05) is 0 Å². The van der Waals surface area contributed by atoms with Crippen molar-refractivity contribution in [2.24, 2.45) is 0 Å². The summed E-state index contributed by atoms with van der Waals surface area (Å²) in [6.45, 7) is 0. The van der Waals surface area contributed by atoms with E-state index in [4.69, 9.17) is 15.3 Å². The molecule has 1 aliphatic rings. The van der Waals surface area contributed by atoms with Crippen LogP contribution in [-0.2, 0) is 4.74 Å². The van der Waals surface area contributed by atoms with Crippen molar-refractivity contribution in [1.29, 1.82) is 0 Å². The van der Waals surface area contributed by atoms with Gasteiger partial charge in [0.2, 0.25) is 5.76 Å². The summed E-state index contributed by atoms with van der Waals surface area (Å²) in [7, 11) is 0. The highest BCUT2D eigenvalue weighted by molar-refractivity contribution is 5.08. The van der Waals surface area contributed by atoms with Crippen molar-refractivity contribution in [3.8, 4) is 0 Å². The molecule has 0 atom stereocenters. The fourth-order valence-electron chi connectivity index (χ4n) is 0.188. The molecule has 0 unspecified atom stereocenters. The molecule has 4 nitrogen and oxygen atoms in total. The summed E-state index contributed by atoms with van der Waals surface area (Å²) in [5, 5.41) is 24.2. The number of ether oxygens (including phenoxy) is 1. The third-order valence-electron chi connectivity index (χ3n) is 0.566. The summed E-state index contributed by atoms with van der Waals surface area (Å²) in [4.78, 5) is 0. The summed E-state index contributed by atoms with van der Waals surface area (Å²) in [6.07, 6.45) is 1.04. The molecule has 0 aromatic carbocycles. The van der Waals surface area contributed by atoms with Crippen LogP contribution < -0.4 is 0 Å². The van der Waals surface area contributed by atoms with Crippen LogP contribution in [0.4, 0.5) is 0 Å². The third-order valence-corrected chi connectivity index (χ3v) is 0.566. The van der Waals surface area contributed by atoms with Crippen molar-refractivity contribution in [2.45, 2.75) is 5.97 Å². The largest absolute Gasteiger partial charge is 0.454 e. The molecule has 3 N–H and O–H groups in total. The van der Waals surface area contributed by atoms with E-state index in [1.54, 1.807) is 0 Å². The van der Waals surface area contributed by atoms with Gasteiger partial charge in [0.1, 0.15) is 6.26 Å². The van der Waals surface area contributed by atoms with E-state index in [0.29, 0.717) is 0 Å². The van der Waals surface area contributed by atoms with E-state index in [-0.39, 0.29) is 5.76 Å². The van der Waals surface area contributed by atoms with Crippen molar-refractivity contribution in [3.05, 3.63) is 12.0 Å². The molecule has 0 fully saturated rings. The molecular formula is C3H4O4. The molecular weight excluding hydrogens is 100 g/mol. The highest BCUT2D eigenvalue weighted by Crippen LogP contribution is 2.22. The molecule has 1 rings (SSSR count). The Morgan fingerprint density at radius 2 is 1.86 bits per heavy atom. The van der Waals surface area contributed by atoms with Gasteiger partial charge in [0.05, 0.1) is 0 Å². The van der Waals surface area contributed by atoms with E-state index in [0.717, 1.165) is 6.26 Å². The van der Waals surface area contributed by atoms with Gasteiger partial charge in [0.15, 0.2) is 0 Å². The molecule has 4 heteroatoms. The lowest BCUT2D eigenvalue weighted by atomic mass is 10.5. The Kier molecular flexibility index (Phi) is 0.637. The lowest BCUT2D eigenvalue weighted by Crippen LogP contribution is -2.25. The van der Waals surface area contributed by atoms with Crippen molar-refractivity contribution in [1.82, 2.24) is 0 Å². The normalized spacial score (nSPS) is 17.9. The van der Waals surface area contributed by atoms with E-state index < -0.39 is 5.97 Å². The van der Waals surface area contributed by atoms with Crippen LogP contribution in [0.2, 0.25) is 0 Å². The molecule has 0 aromatic rings. The standard InChI is InChI=1S/C3H4O4/c4-3(5,6)2-1-7-2/h1,4-6H. The molecule has 1 aliphatic heterocycles. The number of hydrogen-bond donors (Lipinski definition) is 3. The van der Waals surface area contributed by atoms with Crippen LogP contribution >= 0.6 is 0 Å². The maximum absolute atomic E-state index is 8.08. The second-order valence-corrected chi connectivity index (χ2v) is 1.24. The third kappa shape index (κ3) is 0.894. The molecule has 0 radical (unpaired) electrons. The van der Waals surface area contributed by atoms with Crippen LogP contribution in [-0.4, -0.2) is 21.3 Å². The van der Waals surface area contributed by atoms with Crippen LogP contribution in [0.15, 0.2) is 12.0 Å². The van der Waals surface area contributed by atoms with Gasteiger partial charge in [-0.05, 0) is 0 Å². The minimum atomic E-state index is -2.75. The predicted molar refractivity (Wildman–Crippen MR) is 18.6 cm³/mol. The van der Waals surface area contributed by atoms with Gasteiger partial charge in [-0.2, -0.15) is 0 Å². The van der Waals surface area contributed by atoms with Crippen LogP contribution in [0, 0.1) is 0 Å². The van der Waals surface area contributed by atoms with Gasteiger partial charge < -0.3 is 20.1 Å². The maximum atomic E-state index is 8.08. The Hall–Kier alpha value is -0.580. The Bertz CT molecular complexity index is 109. The monoisotopic (exact) mass is 104 g/mol. The Balaban J connectivity index is 2.53. The summed E-state index contributed by atoms with van der Waals surface area (Å²) >= 11 is 0. The van der Waals surface area contributed by atoms with Crippen LogP contribution in [0.25, 0.3) is 0 Å². The zero-order chi connectivity index (χ0) is 5.49. The molecule has 0 aliphatic carbocycles. The molecule has 0 aromatic heterocycles. The Morgan fingerprint density at radius 3 is 1.86 bits per heavy atom. The highest BCUT2D eigenvalue weighted by atomic mass is 16.7. The highest BCUT2D eigenvalue weighted by Gasteiger charge is 2.34. The van der Waals surface area contributed by atoms with Crippen LogP contribution in [0.1, 0.15) is 0 Å². The quantitative estimate of drug-likeness (QED) is 0.353. The first-order valence-electron chi connectivity index (χ1n) is 1.65. The maximum Gasteiger partial charge on any atom is 0.341 e. The van der Waals surface area contributed by atoms with E-state index in [1.807, 2.05) is 0 Å². The fraction of sp³-hybridized carbons (Fsp3) is 0.333. The Labute approximate surface area is 39.3 Å². The van der Waals surface area contributed by atoms with Crippen molar-refractivity contribution in [3.63, 3.8) is 0 Å².